The number of amides is 1. The first-order chi connectivity index (χ1) is 17.2. The topological polar surface area (TPSA) is 92.7 Å². The zero-order chi connectivity index (χ0) is 23.8. The molecule has 0 bridgehead atoms. The number of aromatic nitrogens is 5. The van der Waals surface area contributed by atoms with Crippen molar-refractivity contribution in [1.82, 2.24) is 29.6 Å². The zero-order valence-corrected chi connectivity index (χ0v) is 19.2. The van der Waals surface area contributed by atoms with Gasteiger partial charge in [0.05, 0.1) is 0 Å². The summed E-state index contributed by atoms with van der Waals surface area (Å²) < 4.78 is 7.20. The Hall–Kier alpha value is -4.53. The number of fused-ring (bicyclic) bond motifs is 1. The number of benzene rings is 2. The molecule has 0 spiro atoms. The third kappa shape index (κ3) is 3.71. The zero-order valence-electron chi connectivity index (χ0n) is 19.2. The third-order valence-corrected chi connectivity index (χ3v) is 6.36. The van der Waals surface area contributed by atoms with Crippen LogP contribution in [0.4, 0.5) is 5.82 Å². The molecule has 0 saturated carbocycles. The van der Waals surface area contributed by atoms with Crippen molar-refractivity contribution in [3.8, 4) is 22.4 Å². The Morgan fingerprint density at radius 2 is 1.57 bits per heavy atom. The van der Waals surface area contributed by atoms with Gasteiger partial charge in [0.25, 0.3) is 11.7 Å². The van der Waals surface area contributed by atoms with E-state index in [1.54, 1.807) is 11.4 Å². The van der Waals surface area contributed by atoms with Crippen LogP contribution in [0.2, 0.25) is 0 Å². The molecule has 2 aromatic carbocycles. The van der Waals surface area contributed by atoms with Gasteiger partial charge >= 0.3 is 0 Å². The molecule has 0 radical (unpaired) electrons. The monoisotopic (exact) mass is 465 g/mol. The molecule has 1 aliphatic heterocycles. The van der Waals surface area contributed by atoms with Crippen molar-refractivity contribution in [3.63, 3.8) is 0 Å². The van der Waals surface area contributed by atoms with Crippen molar-refractivity contribution < 1.29 is 9.32 Å². The number of carbonyl (C=O) groups excluding carboxylic acids is 1. The summed E-state index contributed by atoms with van der Waals surface area (Å²) in [5, 5.41) is 8.61. The van der Waals surface area contributed by atoms with Gasteiger partial charge in [-0.25, -0.2) is 4.98 Å². The Balaban J connectivity index is 1.29. The average molecular weight is 466 g/mol. The summed E-state index contributed by atoms with van der Waals surface area (Å²) >= 11 is 0. The molecule has 9 heteroatoms. The predicted octanol–water partition coefficient (Wildman–Crippen LogP) is 3.72. The maximum atomic E-state index is 13.5. The molecule has 1 aliphatic rings. The molecule has 0 atom stereocenters. The van der Waals surface area contributed by atoms with Crippen molar-refractivity contribution in [1.29, 1.82) is 0 Å². The van der Waals surface area contributed by atoms with E-state index in [1.807, 2.05) is 59.6 Å². The molecule has 1 fully saturated rings. The number of carbonyl (C=O) groups is 1. The SMILES string of the molecule is Cc1onc(-c2ccccc2)c1C(=O)N1CCN(c2c(-c3ccccc3)cnc3ncnn23)CC1. The number of aryl methyl sites for hydroxylation is 1. The lowest BCUT2D eigenvalue weighted by Gasteiger charge is -2.36. The quantitative estimate of drug-likeness (QED) is 0.399. The maximum Gasteiger partial charge on any atom is 0.259 e. The average Bonchev–Trinajstić information content (AvgIpc) is 3.55. The molecule has 35 heavy (non-hydrogen) atoms. The molecule has 1 saturated heterocycles. The highest BCUT2D eigenvalue weighted by Crippen LogP contribution is 2.32. The summed E-state index contributed by atoms with van der Waals surface area (Å²) in [4.78, 5) is 26.4. The van der Waals surface area contributed by atoms with Gasteiger partial charge in [-0.15, -0.1) is 0 Å². The van der Waals surface area contributed by atoms with Crippen molar-refractivity contribution in [3.05, 3.63) is 84.5 Å². The van der Waals surface area contributed by atoms with Crippen LogP contribution in [0.5, 0.6) is 0 Å². The van der Waals surface area contributed by atoms with Gasteiger partial charge < -0.3 is 14.3 Å². The van der Waals surface area contributed by atoms with Crippen LogP contribution in [0.15, 0.2) is 77.7 Å². The fraction of sp³-hybridized carbons (Fsp3) is 0.192. The molecular formula is C26H23N7O2. The molecule has 174 valence electrons. The van der Waals surface area contributed by atoms with E-state index in [0.717, 1.165) is 22.5 Å². The number of nitrogens with zero attached hydrogens (tertiary/aromatic N) is 7. The Kier molecular flexibility index (Phi) is 5.21. The summed E-state index contributed by atoms with van der Waals surface area (Å²) in [6.07, 6.45) is 3.36. The van der Waals surface area contributed by atoms with Gasteiger partial charge in [-0.3, -0.25) is 4.79 Å². The lowest BCUT2D eigenvalue weighted by Crippen LogP contribution is -2.49. The van der Waals surface area contributed by atoms with E-state index >= 15 is 0 Å². The molecule has 1 amide bonds. The fourth-order valence-corrected chi connectivity index (χ4v) is 4.59. The molecule has 0 N–H and O–H groups in total. The summed E-state index contributed by atoms with van der Waals surface area (Å²) in [5.74, 6) is 1.94. The molecule has 0 aliphatic carbocycles. The normalized spacial score (nSPS) is 14.0. The van der Waals surface area contributed by atoms with Gasteiger partial charge in [0.2, 0.25) is 0 Å². The Morgan fingerprint density at radius 3 is 2.29 bits per heavy atom. The van der Waals surface area contributed by atoms with E-state index in [4.69, 9.17) is 4.52 Å². The highest BCUT2D eigenvalue weighted by atomic mass is 16.5. The number of rotatable bonds is 4. The highest BCUT2D eigenvalue weighted by Gasteiger charge is 2.30. The van der Waals surface area contributed by atoms with Crippen molar-refractivity contribution in [2.75, 3.05) is 31.1 Å². The fourth-order valence-electron chi connectivity index (χ4n) is 4.59. The number of anilines is 1. The molecule has 4 heterocycles. The van der Waals surface area contributed by atoms with Crippen LogP contribution < -0.4 is 4.90 Å². The maximum absolute atomic E-state index is 13.5. The summed E-state index contributed by atoms with van der Waals surface area (Å²) in [5.41, 5.74) is 4.00. The van der Waals surface area contributed by atoms with E-state index in [0.29, 0.717) is 49.0 Å². The first-order valence-corrected chi connectivity index (χ1v) is 11.5. The second kappa shape index (κ2) is 8.68. The van der Waals surface area contributed by atoms with Crippen LogP contribution >= 0.6 is 0 Å². The van der Waals surface area contributed by atoms with E-state index in [1.165, 1.54) is 6.33 Å². The minimum atomic E-state index is -0.0637. The Morgan fingerprint density at radius 1 is 0.886 bits per heavy atom. The van der Waals surface area contributed by atoms with E-state index in [-0.39, 0.29) is 5.91 Å². The summed E-state index contributed by atoms with van der Waals surface area (Å²) in [7, 11) is 0. The van der Waals surface area contributed by atoms with Crippen molar-refractivity contribution >= 4 is 17.5 Å². The van der Waals surface area contributed by atoms with Crippen LogP contribution in [-0.2, 0) is 0 Å². The smallest absolute Gasteiger partial charge is 0.259 e. The minimum absolute atomic E-state index is 0.0637. The standard InChI is InChI=1S/C26H23N7O2/c1-18-22(23(30-35-18)20-10-6-3-7-11-20)25(34)32-14-12-31(13-15-32)24-21(19-8-4-2-5-9-19)16-27-26-28-17-29-33(24)26/h2-11,16-17H,12-15H2,1H3. The van der Waals surface area contributed by atoms with Gasteiger partial charge in [-0.2, -0.15) is 14.6 Å². The van der Waals surface area contributed by atoms with Gasteiger partial charge in [0, 0.05) is 43.5 Å². The third-order valence-electron chi connectivity index (χ3n) is 6.36. The van der Waals surface area contributed by atoms with Crippen LogP contribution in [0.1, 0.15) is 16.1 Å². The van der Waals surface area contributed by atoms with Crippen molar-refractivity contribution in [2.24, 2.45) is 0 Å². The predicted molar refractivity (Wildman–Crippen MR) is 131 cm³/mol. The van der Waals surface area contributed by atoms with E-state index < -0.39 is 0 Å². The minimum Gasteiger partial charge on any atom is -0.360 e. The molecule has 9 nitrogen and oxygen atoms in total. The lowest BCUT2D eigenvalue weighted by atomic mass is 10.0. The van der Waals surface area contributed by atoms with Gasteiger partial charge in [0.1, 0.15) is 29.2 Å². The largest absolute Gasteiger partial charge is 0.360 e. The molecule has 0 unspecified atom stereocenters. The van der Waals surface area contributed by atoms with Crippen LogP contribution in [0.25, 0.3) is 28.2 Å². The summed E-state index contributed by atoms with van der Waals surface area (Å²) in [6, 6.07) is 19.8. The summed E-state index contributed by atoms with van der Waals surface area (Å²) in [6.45, 7) is 4.20. The number of hydrogen-bond donors (Lipinski definition) is 0. The van der Waals surface area contributed by atoms with Crippen LogP contribution in [0.3, 0.4) is 0 Å². The first-order valence-electron chi connectivity index (χ1n) is 11.5. The van der Waals surface area contributed by atoms with Gasteiger partial charge in [0.15, 0.2) is 0 Å². The van der Waals surface area contributed by atoms with Gasteiger partial charge in [-0.1, -0.05) is 65.8 Å². The number of hydrogen-bond acceptors (Lipinski definition) is 7. The Bertz CT molecular complexity index is 1490. The van der Waals surface area contributed by atoms with Crippen molar-refractivity contribution in [2.45, 2.75) is 6.92 Å². The Labute approximate surface area is 201 Å². The highest BCUT2D eigenvalue weighted by molar-refractivity contribution is 6.01. The van der Waals surface area contributed by atoms with E-state index in [9.17, 15) is 4.79 Å². The first kappa shape index (κ1) is 21.0. The number of piperazine rings is 1. The van der Waals surface area contributed by atoms with E-state index in [2.05, 4.69) is 37.3 Å². The molecular weight excluding hydrogens is 442 g/mol. The molecule has 5 aromatic rings. The molecule has 6 rings (SSSR count). The van der Waals surface area contributed by atoms with Gasteiger partial charge in [-0.05, 0) is 12.5 Å². The lowest BCUT2D eigenvalue weighted by molar-refractivity contribution is 0.0745. The van der Waals surface area contributed by atoms with Crippen LogP contribution in [-0.4, -0.2) is 61.7 Å². The van der Waals surface area contributed by atoms with Crippen LogP contribution in [0, 0.1) is 6.92 Å². The second-order valence-electron chi connectivity index (χ2n) is 8.44. The second-order valence-corrected chi connectivity index (χ2v) is 8.44. The molecule has 3 aromatic heterocycles.